The van der Waals surface area contributed by atoms with Crippen molar-refractivity contribution in [2.24, 2.45) is 0 Å². The number of aromatic nitrogens is 1. The van der Waals surface area contributed by atoms with Crippen LogP contribution in [0.4, 0.5) is 4.79 Å². The Hall–Kier alpha value is -3.01. The van der Waals surface area contributed by atoms with Crippen molar-refractivity contribution in [3.63, 3.8) is 0 Å². The summed E-state index contributed by atoms with van der Waals surface area (Å²) in [6.07, 6.45) is 4.04. The fourth-order valence-electron chi connectivity index (χ4n) is 5.16. The van der Waals surface area contributed by atoms with Gasteiger partial charge < -0.3 is 14.6 Å². The highest BCUT2D eigenvalue weighted by Crippen LogP contribution is 2.28. The standard InChI is InChI=1S/C23H28N4O3/c1-2-25-19(14-17-13-16(15-24)7-10-20(17)25)9-8-18-5-3-11-26(18)22(28)21-6-4-12-27(21)23(29)30/h7,10,13-14,18,21H,2-6,8-9,11-12H2,1H3,(H,29,30)/t18-,21+/m0/s1. The number of likely N-dealkylation sites (tertiary alicyclic amines) is 2. The molecule has 2 amide bonds. The molecule has 1 N–H and O–H groups in total. The van der Waals surface area contributed by atoms with E-state index < -0.39 is 12.1 Å². The van der Waals surface area contributed by atoms with Gasteiger partial charge in [-0.15, -0.1) is 0 Å². The van der Waals surface area contributed by atoms with Crippen molar-refractivity contribution < 1.29 is 14.7 Å². The van der Waals surface area contributed by atoms with E-state index in [0.29, 0.717) is 18.5 Å². The number of nitrogens with zero attached hydrogens (tertiary/aromatic N) is 4. The number of carbonyl (C=O) groups excluding carboxylic acids is 1. The normalized spacial score (nSPS) is 21.3. The number of carboxylic acid groups (broad SMARTS) is 1. The number of amides is 2. The van der Waals surface area contributed by atoms with E-state index in [1.807, 2.05) is 23.1 Å². The van der Waals surface area contributed by atoms with Gasteiger partial charge in [0.15, 0.2) is 0 Å². The van der Waals surface area contributed by atoms with Gasteiger partial charge in [-0.2, -0.15) is 5.26 Å². The Morgan fingerprint density at radius 3 is 2.67 bits per heavy atom. The third-order valence-electron chi connectivity index (χ3n) is 6.61. The molecule has 0 unspecified atom stereocenters. The second kappa shape index (κ2) is 8.39. The van der Waals surface area contributed by atoms with Crippen molar-refractivity contribution in [1.29, 1.82) is 5.26 Å². The molecule has 1 aromatic carbocycles. The van der Waals surface area contributed by atoms with E-state index >= 15 is 0 Å². The van der Waals surface area contributed by atoms with Gasteiger partial charge in [0.25, 0.3) is 0 Å². The fourth-order valence-corrected chi connectivity index (χ4v) is 5.16. The van der Waals surface area contributed by atoms with Gasteiger partial charge in [-0.1, -0.05) is 0 Å². The van der Waals surface area contributed by atoms with Gasteiger partial charge in [0.2, 0.25) is 5.91 Å². The molecule has 7 heteroatoms. The lowest BCUT2D eigenvalue weighted by Crippen LogP contribution is -2.49. The van der Waals surface area contributed by atoms with Crippen LogP contribution in [-0.4, -0.2) is 56.6 Å². The summed E-state index contributed by atoms with van der Waals surface area (Å²) in [5.41, 5.74) is 3.01. The van der Waals surface area contributed by atoms with Crippen molar-refractivity contribution in [3.8, 4) is 6.07 Å². The SMILES string of the molecule is CCn1c(CC[C@@H]2CCCN2C(=O)[C@H]2CCCN2C(=O)O)cc2cc(C#N)ccc21. The molecule has 30 heavy (non-hydrogen) atoms. The van der Waals surface area contributed by atoms with Gasteiger partial charge in [-0.25, -0.2) is 4.79 Å². The molecule has 0 saturated carbocycles. The van der Waals surface area contributed by atoms with Gasteiger partial charge in [-0.05, 0) is 69.7 Å². The summed E-state index contributed by atoms with van der Waals surface area (Å²) >= 11 is 0. The zero-order chi connectivity index (χ0) is 21.3. The second-order valence-corrected chi connectivity index (χ2v) is 8.27. The Balaban J connectivity index is 1.48. The maximum Gasteiger partial charge on any atom is 0.407 e. The van der Waals surface area contributed by atoms with Crippen molar-refractivity contribution in [2.75, 3.05) is 13.1 Å². The summed E-state index contributed by atoms with van der Waals surface area (Å²) in [6.45, 7) is 4.14. The van der Waals surface area contributed by atoms with Crippen LogP contribution < -0.4 is 0 Å². The average molecular weight is 409 g/mol. The minimum absolute atomic E-state index is 0.0212. The van der Waals surface area contributed by atoms with E-state index in [4.69, 9.17) is 5.26 Å². The number of rotatable bonds is 5. The smallest absolute Gasteiger partial charge is 0.407 e. The molecule has 4 rings (SSSR count). The van der Waals surface area contributed by atoms with Crippen molar-refractivity contribution in [2.45, 2.75) is 64.1 Å². The number of hydrogen-bond donors (Lipinski definition) is 1. The first kappa shape index (κ1) is 20.3. The molecular weight excluding hydrogens is 380 g/mol. The molecule has 2 aromatic rings. The lowest BCUT2D eigenvalue weighted by Gasteiger charge is -2.30. The molecule has 0 radical (unpaired) electrons. The van der Waals surface area contributed by atoms with E-state index in [-0.39, 0.29) is 11.9 Å². The average Bonchev–Trinajstić information content (AvgIpc) is 3.48. The predicted octanol–water partition coefficient (Wildman–Crippen LogP) is 3.60. The molecule has 2 fully saturated rings. The summed E-state index contributed by atoms with van der Waals surface area (Å²) in [5.74, 6) is -0.0212. The van der Waals surface area contributed by atoms with Crippen molar-refractivity contribution in [3.05, 3.63) is 35.5 Å². The third kappa shape index (κ3) is 3.62. The zero-order valence-corrected chi connectivity index (χ0v) is 17.4. The van der Waals surface area contributed by atoms with E-state index in [1.165, 1.54) is 10.6 Å². The van der Waals surface area contributed by atoms with Gasteiger partial charge in [0, 0.05) is 42.3 Å². The molecule has 2 aliphatic rings. The van der Waals surface area contributed by atoms with Crippen LogP contribution in [0.15, 0.2) is 24.3 Å². The minimum atomic E-state index is -0.995. The molecule has 0 bridgehead atoms. The van der Waals surface area contributed by atoms with Crippen LogP contribution in [0.2, 0.25) is 0 Å². The lowest BCUT2D eigenvalue weighted by molar-refractivity contribution is -0.136. The maximum absolute atomic E-state index is 13.1. The monoisotopic (exact) mass is 408 g/mol. The summed E-state index contributed by atoms with van der Waals surface area (Å²) in [6, 6.07) is 9.78. The van der Waals surface area contributed by atoms with Gasteiger partial charge >= 0.3 is 6.09 Å². The Labute approximate surface area is 176 Å². The summed E-state index contributed by atoms with van der Waals surface area (Å²) in [5, 5.41) is 19.6. The van der Waals surface area contributed by atoms with Crippen LogP contribution in [0.3, 0.4) is 0 Å². The van der Waals surface area contributed by atoms with Crippen LogP contribution >= 0.6 is 0 Å². The second-order valence-electron chi connectivity index (χ2n) is 8.27. The topological polar surface area (TPSA) is 89.6 Å². The first-order valence-corrected chi connectivity index (χ1v) is 10.9. The van der Waals surface area contributed by atoms with Crippen LogP contribution in [0.5, 0.6) is 0 Å². The number of hydrogen-bond acceptors (Lipinski definition) is 3. The Morgan fingerprint density at radius 2 is 1.93 bits per heavy atom. The number of carbonyl (C=O) groups is 2. The highest BCUT2D eigenvalue weighted by Gasteiger charge is 2.39. The van der Waals surface area contributed by atoms with Crippen LogP contribution in [0.1, 0.15) is 50.3 Å². The van der Waals surface area contributed by atoms with Crippen LogP contribution in [0.25, 0.3) is 10.9 Å². The number of nitriles is 1. The fraction of sp³-hybridized carbons (Fsp3) is 0.522. The molecule has 0 spiro atoms. The van der Waals surface area contributed by atoms with Crippen molar-refractivity contribution >= 4 is 22.9 Å². The summed E-state index contributed by atoms with van der Waals surface area (Å²) in [7, 11) is 0. The molecule has 158 valence electrons. The molecule has 2 aliphatic heterocycles. The zero-order valence-electron chi connectivity index (χ0n) is 17.4. The van der Waals surface area contributed by atoms with Crippen molar-refractivity contribution in [1.82, 2.24) is 14.4 Å². The van der Waals surface area contributed by atoms with E-state index in [2.05, 4.69) is 23.6 Å². The minimum Gasteiger partial charge on any atom is -0.465 e. The van der Waals surface area contributed by atoms with E-state index in [0.717, 1.165) is 56.1 Å². The number of aryl methyl sites for hydroxylation is 2. The molecule has 2 atom stereocenters. The highest BCUT2D eigenvalue weighted by atomic mass is 16.4. The van der Waals surface area contributed by atoms with Gasteiger partial charge in [0.05, 0.1) is 11.6 Å². The molecule has 1 aromatic heterocycles. The maximum atomic E-state index is 13.1. The number of benzene rings is 1. The van der Waals surface area contributed by atoms with E-state index in [9.17, 15) is 14.7 Å². The molecule has 2 saturated heterocycles. The first-order chi connectivity index (χ1) is 14.5. The summed E-state index contributed by atoms with van der Waals surface area (Å²) in [4.78, 5) is 27.8. The largest absolute Gasteiger partial charge is 0.465 e. The van der Waals surface area contributed by atoms with Crippen LogP contribution in [-0.2, 0) is 17.8 Å². The Bertz CT molecular complexity index is 1010. The molecule has 0 aliphatic carbocycles. The molecule has 7 nitrogen and oxygen atoms in total. The lowest BCUT2D eigenvalue weighted by atomic mass is 10.1. The molecular formula is C23H28N4O3. The number of fused-ring (bicyclic) bond motifs is 1. The van der Waals surface area contributed by atoms with Gasteiger partial charge in [-0.3, -0.25) is 9.69 Å². The highest BCUT2D eigenvalue weighted by molar-refractivity contribution is 5.86. The first-order valence-electron chi connectivity index (χ1n) is 10.9. The Morgan fingerprint density at radius 1 is 1.17 bits per heavy atom. The molecule has 3 heterocycles. The van der Waals surface area contributed by atoms with Gasteiger partial charge in [0.1, 0.15) is 6.04 Å². The van der Waals surface area contributed by atoms with Crippen LogP contribution in [0, 0.1) is 11.3 Å². The summed E-state index contributed by atoms with van der Waals surface area (Å²) < 4.78 is 2.28. The predicted molar refractivity (Wildman–Crippen MR) is 113 cm³/mol. The Kier molecular flexibility index (Phi) is 5.67. The third-order valence-corrected chi connectivity index (χ3v) is 6.61. The van der Waals surface area contributed by atoms with E-state index in [1.54, 1.807) is 0 Å². The quantitative estimate of drug-likeness (QED) is 0.819.